The number of hydrogen-bond acceptors (Lipinski definition) is 0. The molecule has 2 aromatic rings. The van der Waals surface area contributed by atoms with Gasteiger partial charge in [0.15, 0.2) is 0 Å². The van der Waals surface area contributed by atoms with Crippen molar-refractivity contribution in [3.63, 3.8) is 0 Å². The molecule has 3 nitrogen and oxygen atoms in total. The maximum atomic E-state index is 2.54. The Hall–Kier alpha value is -2.94. The lowest BCUT2D eigenvalue weighted by Gasteiger charge is -2.20. The highest BCUT2D eigenvalue weighted by molar-refractivity contribution is 5.70. The molecule has 0 fully saturated rings. The molecule has 188 valence electrons. The highest BCUT2D eigenvalue weighted by atomic mass is 15.9. The van der Waals surface area contributed by atoms with Crippen molar-refractivity contribution in [1.82, 2.24) is 14.4 Å². The molecule has 0 aliphatic heterocycles. The van der Waals surface area contributed by atoms with Gasteiger partial charge in [-0.15, -0.1) is 0 Å². The summed E-state index contributed by atoms with van der Waals surface area (Å²) in [7, 11) is 0. The van der Waals surface area contributed by atoms with E-state index < -0.39 is 0 Å². The van der Waals surface area contributed by atoms with Gasteiger partial charge in [-0.2, -0.15) is 14.4 Å². The van der Waals surface area contributed by atoms with Gasteiger partial charge in [-0.1, -0.05) is 79.0 Å². The smallest absolute Gasteiger partial charge is 0.0849 e. The number of hydrogen-bond donors (Lipinski definition) is 0. The van der Waals surface area contributed by atoms with Gasteiger partial charge in [0.25, 0.3) is 0 Å². The number of benzene rings is 1. The number of aromatic nitrogens is 3. The molecule has 0 saturated carbocycles. The Balaban J connectivity index is 1.19. The van der Waals surface area contributed by atoms with Crippen molar-refractivity contribution in [1.29, 1.82) is 0 Å². The fraction of sp³-hybridized carbons (Fsp3) is 0.455. The third-order valence-electron chi connectivity index (χ3n) is 8.49. The zero-order chi connectivity index (χ0) is 24.2. The SMILES string of the molecule is C1=CCC(C2=CCCC(c3cccc(Cn4n(CC5C=CCCC5)n4CC4CC=CCC4)c3)=C2)C=C1. The third kappa shape index (κ3) is 5.56. The number of rotatable bonds is 8. The quantitative estimate of drug-likeness (QED) is 0.340. The van der Waals surface area contributed by atoms with Crippen LogP contribution in [0.3, 0.4) is 0 Å². The van der Waals surface area contributed by atoms with Gasteiger partial charge in [0.2, 0.25) is 0 Å². The fourth-order valence-corrected chi connectivity index (χ4v) is 6.33. The van der Waals surface area contributed by atoms with Crippen LogP contribution in [0.15, 0.2) is 90.6 Å². The Labute approximate surface area is 216 Å². The van der Waals surface area contributed by atoms with Crippen LogP contribution in [-0.4, -0.2) is 14.4 Å². The fourth-order valence-electron chi connectivity index (χ4n) is 6.33. The van der Waals surface area contributed by atoms with Crippen LogP contribution in [0.4, 0.5) is 0 Å². The molecule has 0 spiro atoms. The van der Waals surface area contributed by atoms with Gasteiger partial charge in [0, 0.05) is 5.92 Å². The van der Waals surface area contributed by atoms with Crippen molar-refractivity contribution < 1.29 is 0 Å². The largest absolute Gasteiger partial charge is 0.194 e. The van der Waals surface area contributed by atoms with Crippen LogP contribution < -0.4 is 0 Å². The highest BCUT2D eigenvalue weighted by Crippen LogP contribution is 2.33. The van der Waals surface area contributed by atoms with Crippen LogP contribution in [0.1, 0.15) is 68.9 Å². The van der Waals surface area contributed by atoms with E-state index >= 15 is 0 Å². The molecule has 36 heavy (non-hydrogen) atoms. The van der Waals surface area contributed by atoms with E-state index in [-0.39, 0.29) is 0 Å². The lowest BCUT2D eigenvalue weighted by atomic mass is 9.85. The first-order chi connectivity index (χ1) is 17.8. The summed E-state index contributed by atoms with van der Waals surface area (Å²) in [4.78, 5) is 7.59. The molecule has 6 rings (SSSR count). The van der Waals surface area contributed by atoms with E-state index in [1.54, 1.807) is 0 Å². The van der Waals surface area contributed by atoms with Crippen molar-refractivity contribution in [2.45, 2.75) is 77.4 Å². The van der Waals surface area contributed by atoms with E-state index in [1.807, 2.05) is 0 Å². The molecule has 4 aliphatic carbocycles. The van der Waals surface area contributed by atoms with Crippen LogP contribution in [0.2, 0.25) is 0 Å². The highest BCUT2D eigenvalue weighted by Gasteiger charge is 2.24. The molecule has 4 aliphatic rings. The van der Waals surface area contributed by atoms with Crippen LogP contribution in [0.25, 0.3) is 5.57 Å². The number of allylic oxidation sites excluding steroid dienone is 12. The van der Waals surface area contributed by atoms with Gasteiger partial charge in [-0.05, 0) is 98.0 Å². The molecule has 0 amide bonds. The molecule has 3 heteroatoms. The summed E-state index contributed by atoms with van der Waals surface area (Å²) in [6.07, 6.45) is 34.7. The Morgan fingerprint density at radius 1 is 0.806 bits per heavy atom. The topological polar surface area (TPSA) is 14.8 Å². The molecule has 1 heterocycles. The molecule has 3 atom stereocenters. The Morgan fingerprint density at radius 2 is 1.78 bits per heavy atom. The molecular formula is C33H41N3. The maximum Gasteiger partial charge on any atom is 0.0849 e. The zero-order valence-corrected chi connectivity index (χ0v) is 21.6. The van der Waals surface area contributed by atoms with E-state index in [4.69, 9.17) is 0 Å². The van der Waals surface area contributed by atoms with Crippen LogP contribution in [0, 0.1) is 17.8 Å². The van der Waals surface area contributed by atoms with Gasteiger partial charge in [0.1, 0.15) is 0 Å². The van der Waals surface area contributed by atoms with Gasteiger partial charge >= 0.3 is 0 Å². The van der Waals surface area contributed by atoms with Crippen molar-refractivity contribution in [3.05, 3.63) is 102 Å². The van der Waals surface area contributed by atoms with Gasteiger partial charge in [-0.25, -0.2) is 0 Å². The molecule has 1 aromatic heterocycles. The van der Waals surface area contributed by atoms with Crippen LogP contribution >= 0.6 is 0 Å². The second kappa shape index (κ2) is 11.0. The van der Waals surface area contributed by atoms with Gasteiger partial charge < -0.3 is 0 Å². The molecule has 0 saturated heterocycles. The van der Waals surface area contributed by atoms with Crippen molar-refractivity contribution in [2.24, 2.45) is 17.8 Å². The van der Waals surface area contributed by atoms with Gasteiger partial charge in [-0.3, -0.25) is 0 Å². The molecule has 1 aromatic carbocycles. The summed E-state index contributed by atoms with van der Waals surface area (Å²) in [5, 5.41) is 0. The van der Waals surface area contributed by atoms with E-state index in [0.29, 0.717) is 11.8 Å². The van der Waals surface area contributed by atoms with Crippen molar-refractivity contribution in [3.8, 4) is 0 Å². The summed E-state index contributed by atoms with van der Waals surface area (Å²) < 4.78 is 0. The summed E-state index contributed by atoms with van der Waals surface area (Å²) in [6, 6.07) is 9.34. The minimum Gasteiger partial charge on any atom is -0.194 e. The summed E-state index contributed by atoms with van der Waals surface area (Å²) >= 11 is 0. The second-order valence-electron chi connectivity index (χ2n) is 11.2. The van der Waals surface area contributed by atoms with Crippen LogP contribution in [0.5, 0.6) is 0 Å². The molecule has 0 radical (unpaired) electrons. The van der Waals surface area contributed by atoms with E-state index in [9.17, 15) is 0 Å². The minimum absolute atomic E-state index is 0.539. The molecule has 0 bridgehead atoms. The number of nitrogens with zero attached hydrogens (tertiary/aromatic N) is 3. The Kier molecular flexibility index (Phi) is 7.16. The lowest BCUT2D eigenvalue weighted by molar-refractivity contribution is 0.376. The van der Waals surface area contributed by atoms with E-state index in [0.717, 1.165) is 44.8 Å². The van der Waals surface area contributed by atoms with Crippen molar-refractivity contribution >= 4 is 5.57 Å². The minimum atomic E-state index is 0.539. The summed E-state index contributed by atoms with van der Waals surface area (Å²) in [5.74, 6) is 2.00. The second-order valence-corrected chi connectivity index (χ2v) is 11.2. The van der Waals surface area contributed by atoms with E-state index in [2.05, 4.69) is 99.4 Å². The van der Waals surface area contributed by atoms with Gasteiger partial charge in [0.05, 0.1) is 19.6 Å². The Morgan fingerprint density at radius 3 is 2.61 bits per heavy atom. The van der Waals surface area contributed by atoms with Crippen LogP contribution in [-0.2, 0) is 19.6 Å². The zero-order valence-electron chi connectivity index (χ0n) is 21.6. The Bertz CT molecular complexity index is 1220. The monoisotopic (exact) mass is 479 g/mol. The maximum absolute atomic E-state index is 2.54. The summed E-state index contributed by atoms with van der Waals surface area (Å²) in [6.45, 7) is 3.25. The summed E-state index contributed by atoms with van der Waals surface area (Å²) in [5.41, 5.74) is 5.81. The average Bonchev–Trinajstić information content (AvgIpc) is 3.58. The average molecular weight is 480 g/mol. The molecule has 0 N–H and O–H groups in total. The predicted molar refractivity (Wildman–Crippen MR) is 151 cm³/mol. The van der Waals surface area contributed by atoms with Crippen molar-refractivity contribution in [2.75, 3.05) is 0 Å². The normalized spacial score (nSPS) is 25.8. The van der Waals surface area contributed by atoms with E-state index in [1.165, 1.54) is 60.8 Å². The first-order valence-electron chi connectivity index (χ1n) is 14.3. The first-order valence-corrected chi connectivity index (χ1v) is 14.3. The molecule has 3 unspecified atom stereocenters. The predicted octanol–water partition coefficient (Wildman–Crippen LogP) is 8.09. The third-order valence-corrected chi connectivity index (χ3v) is 8.49. The standard InChI is InChI=1S/C33H41N3/c1-4-12-27(13-5-1)24-34-35(25-28-14-6-2-7-15-28)36(34)26-29-16-10-19-31(22-29)33-21-11-20-32(23-33)30-17-8-3-9-18-30/h1,3-4,6,8-10,14,16-17,19-20,22-23,27-28,30H,2,5,7,11-13,15,18,21,24-26H2. The lowest BCUT2D eigenvalue weighted by Crippen LogP contribution is -2.13. The first kappa shape index (κ1) is 23.5. The molecular weight excluding hydrogens is 438 g/mol.